The fourth-order valence-corrected chi connectivity index (χ4v) is 4.47. The van der Waals surface area contributed by atoms with E-state index in [2.05, 4.69) is 61.5 Å². The molecule has 0 amide bonds. The largest absolute Gasteiger partial charge is 0.353 e. The number of rotatable bonds is 2. The van der Waals surface area contributed by atoms with E-state index in [0.29, 0.717) is 5.41 Å². The van der Waals surface area contributed by atoms with Crippen LogP contribution in [0, 0.1) is 0 Å². The first-order chi connectivity index (χ1) is 12.2. The quantitative estimate of drug-likeness (QED) is 0.744. The topological polar surface area (TPSA) is 15.6 Å². The molecule has 2 nitrogen and oxygen atoms in total. The predicted molar refractivity (Wildman–Crippen MR) is 105 cm³/mol. The Labute approximate surface area is 152 Å². The molecule has 1 aliphatic heterocycles. The predicted octanol–water partition coefficient (Wildman–Crippen LogP) is 4.45. The fraction of sp³-hybridized carbons (Fsp3) is 0.409. The molecule has 0 N–H and O–H groups in total. The van der Waals surface area contributed by atoms with E-state index < -0.39 is 0 Å². The lowest BCUT2D eigenvalue weighted by Crippen LogP contribution is -2.44. The van der Waals surface area contributed by atoms with E-state index >= 15 is 0 Å². The van der Waals surface area contributed by atoms with Crippen LogP contribution >= 0.6 is 0 Å². The molecule has 1 atom stereocenters. The first-order valence-corrected chi connectivity index (χ1v) is 9.39. The maximum Gasteiger partial charge on any atom is 0.182 e. The second kappa shape index (κ2) is 6.80. The zero-order valence-electron chi connectivity index (χ0n) is 15.0. The zero-order chi connectivity index (χ0) is 17.3. The molecule has 2 aromatic rings. The third kappa shape index (κ3) is 3.18. The van der Waals surface area contributed by atoms with Crippen molar-refractivity contribution in [2.45, 2.75) is 44.1 Å². The molecule has 2 aromatic carbocycles. The van der Waals surface area contributed by atoms with E-state index in [0.717, 1.165) is 32.4 Å². The molecule has 25 heavy (non-hydrogen) atoms. The number of hydrogen-bond acceptors (Lipinski definition) is 2. The summed E-state index contributed by atoms with van der Waals surface area (Å²) in [4.78, 5) is 7.09. The van der Waals surface area contributed by atoms with Crippen LogP contribution in [0.5, 0.6) is 0 Å². The summed E-state index contributed by atoms with van der Waals surface area (Å²) in [7, 11) is 6.01. The maximum atomic E-state index is 6.01. The number of piperidine rings is 1. The van der Waals surface area contributed by atoms with Crippen LogP contribution in [0.15, 0.2) is 59.6 Å². The number of benzene rings is 2. The highest BCUT2D eigenvalue weighted by atomic mass is 15.0. The highest BCUT2D eigenvalue weighted by molar-refractivity contribution is 6.05. The van der Waals surface area contributed by atoms with Crippen molar-refractivity contribution in [1.82, 2.24) is 4.81 Å². The van der Waals surface area contributed by atoms with Crippen LogP contribution < -0.4 is 0 Å². The molecule has 0 unspecified atom stereocenters. The lowest BCUT2D eigenvalue weighted by molar-refractivity contribution is 0.224. The molecule has 3 heteroatoms. The molecule has 1 heterocycles. The first kappa shape index (κ1) is 16.6. The van der Waals surface area contributed by atoms with Gasteiger partial charge in [0.05, 0.1) is 6.04 Å². The minimum absolute atomic E-state index is 0.198. The van der Waals surface area contributed by atoms with E-state index in [9.17, 15) is 0 Å². The van der Waals surface area contributed by atoms with E-state index in [-0.39, 0.29) is 6.04 Å². The number of hydrogen-bond donors (Lipinski definition) is 0. The average molecular weight is 328 g/mol. The van der Waals surface area contributed by atoms with Gasteiger partial charge in [-0.15, -0.1) is 0 Å². The van der Waals surface area contributed by atoms with Gasteiger partial charge in [-0.05, 0) is 67.8 Å². The van der Waals surface area contributed by atoms with Gasteiger partial charge in [-0.2, -0.15) is 0 Å². The van der Waals surface area contributed by atoms with Gasteiger partial charge >= 0.3 is 0 Å². The summed E-state index contributed by atoms with van der Waals surface area (Å²) >= 11 is 0. The second-order valence-corrected chi connectivity index (χ2v) is 7.52. The standard InChI is InChI=1S/C22H25BN2/c1-17(18-7-3-2-4-8-18)24-21-11-12-22(13-15-25(23)16-14-22)20-10-6-5-9-19(20)21/h2-10,17H,11-16H2,1H3/t17-/m0/s1. The third-order valence-electron chi connectivity index (χ3n) is 6.04. The van der Waals surface area contributed by atoms with Gasteiger partial charge in [0.1, 0.15) is 0 Å². The molecular weight excluding hydrogens is 303 g/mol. The van der Waals surface area contributed by atoms with Gasteiger partial charge in [-0.25, -0.2) is 0 Å². The lowest BCUT2D eigenvalue weighted by atomic mass is 9.64. The van der Waals surface area contributed by atoms with Crippen LogP contribution in [-0.2, 0) is 5.41 Å². The molecule has 126 valence electrons. The second-order valence-electron chi connectivity index (χ2n) is 7.52. The van der Waals surface area contributed by atoms with Crippen LogP contribution in [0.2, 0.25) is 0 Å². The summed E-state index contributed by atoms with van der Waals surface area (Å²) in [5.41, 5.74) is 5.70. The average Bonchev–Trinajstić information content (AvgIpc) is 2.67. The number of aliphatic imine (C=N–C) groups is 1. The Bertz CT molecular complexity index is 761. The zero-order valence-corrected chi connectivity index (χ0v) is 15.0. The maximum absolute atomic E-state index is 6.01. The molecule has 1 saturated heterocycles. The van der Waals surface area contributed by atoms with Gasteiger partial charge in [0.15, 0.2) is 7.98 Å². The van der Waals surface area contributed by atoms with Crippen molar-refractivity contribution in [2.24, 2.45) is 4.99 Å². The van der Waals surface area contributed by atoms with Crippen LogP contribution in [0.25, 0.3) is 0 Å². The van der Waals surface area contributed by atoms with Crippen molar-refractivity contribution in [1.29, 1.82) is 0 Å². The summed E-state index contributed by atoms with van der Waals surface area (Å²) < 4.78 is 0. The molecule has 1 spiro atoms. The van der Waals surface area contributed by atoms with Crippen LogP contribution in [0.1, 0.15) is 55.3 Å². The summed E-state index contributed by atoms with van der Waals surface area (Å²) in [5, 5.41) is 0. The Kier molecular flexibility index (Phi) is 4.51. The van der Waals surface area contributed by atoms with Crippen molar-refractivity contribution >= 4 is 13.7 Å². The molecule has 1 aliphatic carbocycles. The summed E-state index contributed by atoms with van der Waals surface area (Å²) in [6.07, 6.45) is 4.57. The number of fused-ring (bicyclic) bond motifs is 2. The molecule has 4 rings (SSSR count). The summed E-state index contributed by atoms with van der Waals surface area (Å²) in [6, 6.07) is 19.7. The van der Waals surface area contributed by atoms with E-state index in [1.807, 2.05) is 4.81 Å². The fourth-order valence-electron chi connectivity index (χ4n) is 4.47. The minimum Gasteiger partial charge on any atom is -0.353 e. The van der Waals surface area contributed by atoms with Gasteiger partial charge in [0.2, 0.25) is 0 Å². The van der Waals surface area contributed by atoms with E-state index in [1.165, 1.54) is 28.8 Å². The minimum atomic E-state index is 0.198. The highest BCUT2D eigenvalue weighted by Gasteiger charge is 2.40. The van der Waals surface area contributed by atoms with Crippen LogP contribution in [0.3, 0.4) is 0 Å². The van der Waals surface area contributed by atoms with Crippen molar-refractivity contribution in [3.63, 3.8) is 0 Å². The van der Waals surface area contributed by atoms with E-state index in [1.54, 1.807) is 0 Å². The van der Waals surface area contributed by atoms with Crippen molar-refractivity contribution < 1.29 is 0 Å². The SMILES string of the molecule is [B]N1CCC2(CCC(=N[C@@H](C)c3ccccc3)c3ccccc32)CC1. The Hall–Kier alpha value is -1.87. The Morgan fingerprint density at radius 1 is 0.960 bits per heavy atom. The molecule has 2 aliphatic rings. The Balaban J connectivity index is 1.68. The molecule has 0 aromatic heterocycles. The molecule has 0 bridgehead atoms. The van der Waals surface area contributed by atoms with Gasteiger partial charge in [0, 0.05) is 5.71 Å². The monoisotopic (exact) mass is 328 g/mol. The van der Waals surface area contributed by atoms with Gasteiger partial charge in [-0.1, -0.05) is 54.6 Å². The Morgan fingerprint density at radius 2 is 1.64 bits per heavy atom. The van der Waals surface area contributed by atoms with Gasteiger partial charge in [-0.3, -0.25) is 4.99 Å². The van der Waals surface area contributed by atoms with Crippen LogP contribution in [-0.4, -0.2) is 31.6 Å². The Morgan fingerprint density at radius 3 is 2.40 bits per heavy atom. The van der Waals surface area contributed by atoms with Crippen LogP contribution in [0.4, 0.5) is 0 Å². The van der Waals surface area contributed by atoms with Crippen molar-refractivity contribution in [3.05, 3.63) is 71.3 Å². The summed E-state index contributed by atoms with van der Waals surface area (Å²) in [5.74, 6) is 0. The van der Waals surface area contributed by atoms with Gasteiger partial charge < -0.3 is 4.81 Å². The normalized spacial score (nSPS) is 22.7. The summed E-state index contributed by atoms with van der Waals surface area (Å²) in [6.45, 7) is 4.17. The molecule has 0 saturated carbocycles. The third-order valence-corrected chi connectivity index (χ3v) is 6.04. The lowest BCUT2D eigenvalue weighted by Gasteiger charge is -2.45. The number of nitrogens with zero attached hydrogens (tertiary/aromatic N) is 2. The molecule has 2 radical (unpaired) electrons. The first-order valence-electron chi connectivity index (χ1n) is 9.39. The smallest absolute Gasteiger partial charge is 0.182 e. The van der Waals surface area contributed by atoms with Gasteiger partial charge in [0.25, 0.3) is 0 Å². The molecule has 1 fully saturated rings. The van der Waals surface area contributed by atoms with Crippen molar-refractivity contribution in [2.75, 3.05) is 13.1 Å². The highest BCUT2D eigenvalue weighted by Crippen LogP contribution is 2.45. The van der Waals surface area contributed by atoms with Crippen molar-refractivity contribution in [3.8, 4) is 0 Å². The molecular formula is C22H25BN2. The van der Waals surface area contributed by atoms with E-state index in [4.69, 9.17) is 13.0 Å².